The van der Waals surface area contributed by atoms with Gasteiger partial charge in [-0.05, 0) is 37.6 Å². The Bertz CT molecular complexity index is 215. The summed E-state index contributed by atoms with van der Waals surface area (Å²) in [5.74, 6) is 0. The van der Waals surface area contributed by atoms with E-state index in [1.54, 1.807) is 0 Å². The smallest absolute Gasteiger partial charge is 0.0141 e. The zero-order valence-corrected chi connectivity index (χ0v) is 8.45. The van der Waals surface area contributed by atoms with Crippen molar-refractivity contribution >= 4 is 0 Å². The van der Waals surface area contributed by atoms with E-state index in [4.69, 9.17) is 0 Å². The highest BCUT2D eigenvalue weighted by Gasteiger charge is 1.87. The van der Waals surface area contributed by atoms with Gasteiger partial charge in [-0.2, -0.15) is 0 Å². The summed E-state index contributed by atoms with van der Waals surface area (Å²) >= 11 is 0. The van der Waals surface area contributed by atoms with E-state index in [-0.39, 0.29) is 0 Å². The van der Waals surface area contributed by atoms with E-state index in [9.17, 15) is 0 Å². The molecule has 0 bridgehead atoms. The molecule has 14 heavy (non-hydrogen) atoms. The van der Waals surface area contributed by atoms with Crippen molar-refractivity contribution in [3.05, 3.63) is 49.0 Å². The SMILES string of the molecule is C1=CC=CNC=C1.C1=CNCCCC1. The average Bonchev–Trinajstić information content (AvgIpc) is 2.68. The molecule has 2 heterocycles. The van der Waals surface area contributed by atoms with Gasteiger partial charge in [-0.3, -0.25) is 0 Å². The van der Waals surface area contributed by atoms with Gasteiger partial charge in [0.1, 0.15) is 0 Å². The highest BCUT2D eigenvalue weighted by molar-refractivity contribution is 5.14. The van der Waals surface area contributed by atoms with Crippen molar-refractivity contribution in [2.45, 2.75) is 19.3 Å². The third-order valence-corrected chi connectivity index (χ3v) is 1.90. The van der Waals surface area contributed by atoms with E-state index in [1.165, 1.54) is 19.3 Å². The van der Waals surface area contributed by atoms with E-state index in [0.717, 1.165) is 6.54 Å². The molecule has 2 rings (SSSR count). The number of allylic oxidation sites excluding steroid dienone is 5. The van der Waals surface area contributed by atoms with Gasteiger partial charge in [-0.15, -0.1) is 0 Å². The van der Waals surface area contributed by atoms with Crippen molar-refractivity contribution in [2.24, 2.45) is 0 Å². The van der Waals surface area contributed by atoms with Gasteiger partial charge in [0.25, 0.3) is 0 Å². The molecule has 2 nitrogen and oxygen atoms in total. The Hall–Kier alpha value is -1.44. The molecule has 0 unspecified atom stereocenters. The van der Waals surface area contributed by atoms with Crippen molar-refractivity contribution in [1.82, 2.24) is 10.6 Å². The molecule has 2 aliphatic rings. The van der Waals surface area contributed by atoms with Crippen LogP contribution in [0.15, 0.2) is 49.0 Å². The van der Waals surface area contributed by atoms with Gasteiger partial charge in [-0.1, -0.05) is 18.2 Å². The summed E-state index contributed by atoms with van der Waals surface area (Å²) in [7, 11) is 0. The number of hydrogen-bond acceptors (Lipinski definition) is 2. The second kappa shape index (κ2) is 8.17. The van der Waals surface area contributed by atoms with E-state index in [1.807, 2.05) is 42.9 Å². The summed E-state index contributed by atoms with van der Waals surface area (Å²) in [6, 6.07) is 0. The van der Waals surface area contributed by atoms with Crippen LogP contribution in [0.4, 0.5) is 0 Å². The summed E-state index contributed by atoms with van der Waals surface area (Å²) in [6.07, 6.45) is 19.7. The first-order valence-electron chi connectivity index (χ1n) is 5.13. The average molecular weight is 190 g/mol. The molecule has 0 aromatic rings. The Morgan fingerprint density at radius 3 is 2.36 bits per heavy atom. The first-order chi connectivity index (χ1) is 7.00. The van der Waals surface area contributed by atoms with Gasteiger partial charge in [0.15, 0.2) is 0 Å². The number of hydrogen-bond donors (Lipinski definition) is 2. The first kappa shape index (κ1) is 10.6. The zero-order valence-electron chi connectivity index (χ0n) is 8.45. The minimum absolute atomic E-state index is 1.16. The minimum atomic E-state index is 1.16. The van der Waals surface area contributed by atoms with E-state index < -0.39 is 0 Å². The van der Waals surface area contributed by atoms with Crippen LogP contribution in [0.2, 0.25) is 0 Å². The summed E-state index contributed by atoms with van der Waals surface area (Å²) in [5.41, 5.74) is 0. The lowest BCUT2D eigenvalue weighted by atomic mass is 10.2. The maximum atomic E-state index is 3.17. The first-order valence-corrected chi connectivity index (χ1v) is 5.13. The summed E-state index contributed by atoms with van der Waals surface area (Å²) < 4.78 is 0. The molecular weight excluding hydrogens is 172 g/mol. The van der Waals surface area contributed by atoms with Crippen molar-refractivity contribution in [3.8, 4) is 0 Å². The van der Waals surface area contributed by atoms with E-state index >= 15 is 0 Å². The van der Waals surface area contributed by atoms with E-state index in [0.29, 0.717) is 0 Å². The molecule has 0 aromatic carbocycles. The van der Waals surface area contributed by atoms with Gasteiger partial charge in [0, 0.05) is 18.9 Å². The molecule has 2 aliphatic heterocycles. The predicted octanol–water partition coefficient (Wildman–Crippen LogP) is 2.45. The Labute approximate surface area is 86.1 Å². The van der Waals surface area contributed by atoms with Crippen LogP contribution in [-0.2, 0) is 0 Å². The highest BCUT2D eigenvalue weighted by Crippen LogP contribution is 1.97. The summed E-state index contributed by atoms with van der Waals surface area (Å²) in [5, 5.41) is 6.09. The van der Waals surface area contributed by atoms with Crippen LogP contribution in [0.25, 0.3) is 0 Å². The fourth-order valence-electron chi connectivity index (χ4n) is 1.15. The van der Waals surface area contributed by atoms with Gasteiger partial charge >= 0.3 is 0 Å². The van der Waals surface area contributed by atoms with Gasteiger partial charge < -0.3 is 10.6 Å². The normalized spacial score (nSPS) is 18.3. The largest absolute Gasteiger partial charge is 0.391 e. The third-order valence-electron chi connectivity index (χ3n) is 1.90. The summed E-state index contributed by atoms with van der Waals surface area (Å²) in [4.78, 5) is 0. The molecule has 2 heteroatoms. The topological polar surface area (TPSA) is 24.1 Å². The highest BCUT2D eigenvalue weighted by atomic mass is 14.8. The van der Waals surface area contributed by atoms with Gasteiger partial charge in [0.05, 0.1) is 0 Å². The maximum absolute atomic E-state index is 3.17. The standard InChI is InChI=1S/C6H11N.C6H7N/c2*1-2-4-6-7-5-3-1/h3,5,7H,1-2,4,6H2;1-7H. The van der Waals surface area contributed by atoms with Crippen molar-refractivity contribution in [2.75, 3.05) is 6.54 Å². The van der Waals surface area contributed by atoms with Crippen molar-refractivity contribution in [1.29, 1.82) is 0 Å². The fourth-order valence-corrected chi connectivity index (χ4v) is 1.15. The van der Waals surface area contributed by atoms with Crippen LogP contribution in [0.1, 0.15) is 19.3 Å². The molecule has 0 aromatic heterocycles. The quantitative estimate of drug-likeness (QED) is 0.613. The molecule has 0 amide bonds. The lowest BCUT2D eigenvalue weighted by molar-refractivity contribution is 0.730. The van der Waals surface area contributed by atoms with Crippen LogP contribution in [0.3, 0.4) is 0 Å². The fraction of sp³-hybridized carbons (Fsp3) is 0.333. The van der Waals surface area contributed by atoms with Crippen LogP contribution in [0.5, 0.6) is 0 Å². The molecular formula is C12H18N2. The Morgan fingerprint density at radius 1 is 0.786 bits per heavy atom. The molecule has 0 radical (unpaired) electrons. The molecule has 0 saturated carbocycles. The molecule has 0 atom stereocenters. The molecule has 0 aliphatic carbocycles. The Morgan fingerprint density at radius 2 is 1.57 bits per heavy atom. The van der Waals surface area contributed by atoms with Crippen LogP contribution < -0.4 is 10.6 Å². The lowest BCUT2D eigenvalue weighted by Gasteiger charge is -1.90. The van der Waals surface area contributed by atoms with E-state index in [2.05, 4.69) is 16.7 Å². The number of rotatable bonds is 0. The molecule has 2 N–H and O–H groups in total. The van der Waals surface area contributed by atoms with Crippen LogP contribution >= 0.6 is 0 Å². The minimum Gasteiger partial charge on any atom is -0.391 e. The Kier molecular flexibility index (Phi) is 6.21. The molecule has 0 saturated heterocycles. The number of nitrogens with one attached hydrogen (secondary N) is 2. The van der Waals surface area contributed by atoms with Crippen molar-refractivity contribution < 1.29 is 0 Å². The zero-order chi connectivity index (χ0) is 9.90. The van der Waals surface area contributed by atoms with Crippen LogP contribution in [0, 0.1) is 0 Å². The maximum Gasteiger partial charge on any atom is 0.0141 e. The van der Waals surface area contributed by atoms with Gasteiger partial charge in [-0.25, -0.2) is 0 Å². The molecule has 76 valence electrons. The summed E-state index contributed by atoms with van der Waals surface area (Å²) in [6.45, 7) is 1.16. The Balaban J connectivity index is 0.000000140. The molecule has 0 fully saturated rings. The molecule has 0 spiro atoms. The second-order valence-corrected chi connectivity index (χ2v) is 3.12. The van der Waals surface area contributed by atoms with Gasteiger partial charge in [0.2, 0.25) is 0 Å². The lowest BCUT2D eigenvalue weighted by Crippen LogP contribution is -2.03. The monoisotopic (exact) mass is 190 g/mol. The third kappa shape index (κ3) is 6.12. The predicted molar refractivity (Wildman–Crippen MR) is 61.5 cm³/mol. The second-order valence-electron chi connectivity index (χ2n) is 3.12. The van der Waals surface area contributed by atoms with Crippen molar-refractivity contribution in [3.63, 3.8) is 0 Å². The van der Waals surface area contributed by atoms with Crippen LogP contribution in [-0.4, -0.2) is 6.54 Å².